The average molecular weight is 240 g/mol. The molecule has 0 saturated carbocycles. The van der Waals surface area contributed by atoms with Crippen molar-refractivity contribution in [3.8, 4) is 0 Å². The second-order valence-corrected chi connectivity index (χ2v) is 3.97. The zero-order valence-electron chi connectivity index (χ0n) is 8.96. The van der Waals surface area contributed by atoms with Crippen LogP contribution in [0.3, 0.4) is 0 Å². The lowest BCUT2D eigenvalue weighted by atomic mass is 10.0. The molecule has 1 aromatic heterocycles. The summed E-state index contributed by atoms with van der Waals surface area (Å²) >= 11 is 0. The summed E-state index contributed by atoms with van der Waals surface area (Å²) in [7, 11) is 0. The Bertz CT molecular complexity index is 534. The number of H-pyrrole nitrogens is 1. The van der Waals surface area contributed by atoms with Crippen LogP contribution in [0.5, 0.6) is 0 Å². The van der Waals surface area contributed by atoms with Crippen molar-refractivity contribution < 1.29 is 14.6 Å². The first-order chi connectivity index (χ1) is 8.10. The van der Waals surface area contributed by atoms with E-state index in [1.807, 2.05) is 0 Å². The number of aromatic amines is 1. The van der Waals surface area contributed by atoms with Gasteiger partial charge in [-0.05, 0) is 12.8 Å². The lowest BCUT2D eigenvalue weighted by Gasteiger charge is -2.20. The predicted octanol–water partition coefficient (Wildman–Crippen LogP) is -1.22. The van der Waals surface area contributed by atoms with Gasteiger partial charge in [0.2, 0.25) is 0 Å². The highest BCUT2D eigenvalue weighted by molar-refractivity contribution is 5.63. The van der Waals surface area contributed by atoms with Gasteiger partial charge in [0.15, 0.2) is 6.29 Å². The van der Waals surface area contributed by atoms with Gasteiger partial charge < -0.3 is 14.6 Å². The first-order valence-electron chi connectivity index (χ1n) is 5.17. The van der Waals surface area contributed by atoms with Crippen LogP contribution in [0.25, 0.3) is 0 Å². The van der Waals surface area contributed by atoms with Crippen LogP contribution in [0.2, 0.25) is 0 Å². The van der Waals surface area contributed by atoms with Crippen LogP contribution in [0.1, 0.15) is 19.1 Å². The van der Waals surface area contributed by atoms with E-state index < -0.39 is 29.7 Å². The van der Waals surface area contributed by atoms with E-state index in [1.54, 1.807) is 0 Å². The highest BCUT2D eigenvalue weighted by Crippen LogP contribution is 2.33. The van der Waals surface area contributed by atoms with Crippen molar-refractivity contribution in [1.29, 1.82) is 0 Å². The summed E-state index contributed by atoms with van der Waals surface area (Å²) in [6.45, 7) is -0.425. The fraction of sp³-hybridized carbons (Fsp3) is 0.500. The van der Waals surface area contributed by atoms with Gasteiger partial charge in [0.1, 0.15) is 11.8 Å². The summed E-state index contributed by atoms with van der Waals surface area (Å²) in [6.07, 6.45) is 1.97. The smallest absolute Gasteiger partial charge is 0.330 e. The number of aldehydes is 1. The van der Waals surface area contributed by atoms with Crippen LogP contribution in [0.15, 0.2) is 21.9 Å². The molecular weight excluding hydrogens is 228 g/mol. The highest BCUT2D eigenvalue weighted by Gasteiger charge is 2.40. The fourth-order valence-electron chi connectivity index (χ4n) is 1.85. The number of carbonyl (C=O) groups is 1. The second-order valence-electron chi connectivity index (χ2n) is 3.97. The molecule has 1 aliphatic heterocycles. The largest absolute Gasteiger partial charge is 0.393 e. The van der Waals surface area contributed by atoms with E-state index in [2.05, 4.69) is 4.98 Å². The molecule has 1 aromatic rings. The van der Waals surface area contributed by atoms with Gasteiger partial charge in [0, 0.05) is 12.3 Å². The van der Waals surface area contributed by atoms with Gasteiger partial charge in [-0.1, -0.05) is 0 Å². The predicted molar refractivity (Wildman–Crippen MR) is 56.6 cm³/mol. The molecule has 2 N–H and O–H groups in total. The fourth-order valence-corrected chi connectivity index (χ4v) is 1.85. The molecular formula is C10H12N2O5. The molecule has 1 aliphatic rings. The summed E-state index contributed by atoms with van der Waals surface area (Å²) in [4.78, 5) is 35.3. The maximum Gasteiger partial charge on any atom is 0.330 e. The van der Waals surface area contributed by atoms with Crippen LogP contribution in [-0.2, 0) is 9.53 Å². The number of hydrogen-bond donors (Lipinski definition) is 2. The average Bonchev–Trinajstić information content (AvgIpc) is 2.74. The molecule has 7 nitrogen and oxygen atoms in total. The molecule has 0 aromatic carbocycles. The van der Waals surface area contributed by atoms with Gasteiger partial charge in [-0.25, -0.2) is 4.79 Å². The van der Waals surface area contributed by atoms with E-state index in [0.29, 0.717) is 19.1 Å². The maximum atomic E-state index is 11.5. The van der Waals surface area contributed by atoms with Crippen LogP contribution in [0.4, 0.5) is 0 Å². The number of aliphatic hydroxyl groups is 1. The number of ether oxygens (including phenoxy) is 1. The zero-order chi connectivity index (χ0) is 12.5. The first kappa shape index (κ1) is 11.7. The molecule has 92 valence electrons. The van der Waals surface area contributed by atoms with E-state index in [0.717, 1.165) is 0 Å². The Morgan fingerprint density at radius 1 is 1.65 bits per heavy atom. The summed E-state index contributed by atoms with van der Waals surface area (Å²) in [5.41, 5.74) is -2.32. The molecule has 2 rings (SSSR count). The molecule has 7 heteroatoms. The van der Waals surface area contributed by atoms with E-state index in [4.69, 9.17) is 9.84 Å². The molecule has 17 heavy (non-hydrogen) atoms. The minimum Gasteiger partial charge on any atom is -0.393 e. The van der Waals surface area contributed by atoms with Gasteiger partial charge >= 0.3 is 5.69 Å². The molecule has 2 heterocycles. The summed E-state index contributed by atoms with van der Waals surface area (Å²) < 4.78 is 6.57. The Labute approximate surface area is 95.7 Å². The monoisotopic (exact) mass is 240 g/mol. The Kier molecular flexibility index (Phi) is 2.95. The van der Waals surface area contributed by atoms with Crippen LogP contribution in [-0.4, -0.2) is 33.2 Å². The number of aromatic nitrogens is 2. The Morgan fingerprint density at radius 2 is 2.41 bits per heavy atom. The van der Waals surface area contributed by atoms with Gasteiger partial charge in [-0.2, -0.15) is 0 Å². The quantitative estimate of drug-likeness (QED) is 0.644. The van der Waals surface area contributed by atoms with Crippen molar-refractivity contribution in [3.05, 3.63) is 33.1 Å². The van der Waals surface area contributed by atoms with Crippen LogP contribution >= 0.6 is 0 Å². The van der Waals surface area contributed by atoms with Gasteiger partial charge in [0.25, 0.3) is 5.56 Å². The van der Waals surface area contributed by atoms with E-state index >= 15 is 0 Å². The molecule has 0 amide bonds. The minimum absolute atomic E-state index is 0.337. The van der Waals surface area contributed by atoms with Crippen molar-refractivity contribution in [1.82, 2.24) is 9.55 Å². The standard InChI is InChI=1S/C10H12N2O5/c13-5-10(6-14)3-1-8(17-10)12-4-2-7(15)11-9(12)16/h2,4-5,8,14H,1,3,6H2,(H,11,15,16)/t8-,10-/m1/s1. The molecule has 2 atom stereocenters. The second kappa shape index (κ2) is 4.27. The van der Waals surface area contributed by atoms with E-state index in [-0.39, 0.29) is 0 Å². The van der Waals surface area contributed by atoms with Gasteiger partial charge in [-0.15, -0.1) is 0 Å². The lowest BCUT2D eigenvalue weighted by molar-refractivity contribution is -0.140. The third-order valence-corrected chi connectivity index (χ3v) is 2.83. The lowest BCUT2D eigenvalue weighted by Crippen LogP contribution is -2.37. The number of aliphatic hydroxyl groups excluding tert-OH is 1. The van der Waals surface area contributed by atoms with Crippen LogP contribution in [0, 0.1) is 0 Å². The van der Waals surface area contributed by atoms with Crippen molar-refractivity contribution in [2.24, 2.45) is 0 Å². The zero-order valence-corrected chi connectivity index (χ0v) is 8.96. The number of carbonyl (C=O) groups excluding carboxylic acids is 1. The Hall–Kier alpha value is -1.73. The molecule has 1 fully saturated rings. The van der Waals surface area contributed by atoms with Crippen molar-refractivity contribution >= 4 is 6.29 Å². The van der Waals surface area contributed by atoms with Crippen LogP contribution < -0.4 is 11.2 Å². The molecule has 0 unspecified atom stereocenters. The van der Waals surface area contributed by atoms with E-state index in [9.17, 15) is 14.4 Å². The molecule has 0 bridgehead atoms. The SMILES string of the molecule is O=C[C@@]1(CO)CC[C@H](n2ccc(=O)[nH]c2=O)O1. The molecule has 0 radical (unpaired) electrons. The van der Waals surface area contributed by atoms with Crippen molar-refractivity contribution in [2.45, 2.75) is 24.7 Å². The third-order valence-electron chi connectivity index (χ3n) is 2.83. The first-order valence-corrected chi connectivity index (χ1v) is 5.17. The molecule has 0 aliphatic carbocycles. The van der Waals surface area contributed by atoms with E-state index in [1.165, 1.54) is 16.8 Å². The van der Waals surface area contributed by atoms with Gasteiger partial charge in [0.05, 0.1) is 6.61 Å². The number of nitrogens with one attached hydrogen (secondary N) is 1. The number of rotatable bonds is 3. The Balaban J connectivity index is 2.29. The molecule has 1 saturated heterocycles. The third kappa shape index (κ3) is 2.06. The number of hydrogen-bond acceptors (Lipinski definition) is 5. The summed E-state index contributed by atoms with van der Waals surface area (Å²) in [6, 6.07) is 1.20. The minimum atomic E-state index is -1.24. The summed E-state index contributed by atoms with van der Waals surface area (Å²) in [5.74, 6) is 0. The van der Waals surface area contributed by atoms with Gasteiger partial charge in [-0.3, -0.25) is 14.3 Å². The molecule has 0 spiro atoms. The normalized spacial score (nSPS) is 28.2. The van der Waals surface area contributed by atoms with Crippen molar-refractivity contribution in [2.75, 3.05) is 6.61 Å². The maximum absolute atomic E-state index is 11.5. The number of nitrogens with zero attached hydrogens (tertiary/aromatic N) is 1. The topological polar surface area (TPSA) is 101 Å². The van der Waals surface area contributed by atoms with Crippen molar-refractivity contribution in [3.63, 3.8) is 0 Å². The highest BCUT2D eigenvalue weighted by atomic mass is 16.5. The summed E-state index contributed by atoms with van der Waals surface area (Å²) in [5, 5.41) is 9.09. The Morgan fingerprint density at radius 3 is 2.94 bits per heavy atom.